The number of esters is 2. The van der Waals surface area contributed by atoms with Gasteiger partial charge in [0.1, 0.15) is 107 Å². The van der Waals surface area contributed by atoms with Gasteiger partial charge in [0, 0.05) is 48.2 Å². The highest BCUT2D eigenvalue weighted by Gasteiger charge is 2.45. The third-order valence-electron chi connectivity index (χ3n) is 17.2. The Morgan fingerprint density at radius 1 is 0.520 bits per heavy atom. The molecule has 0 radical (unpaired) electrons. The quantitative estimate of drug-likeness (QED) is 0.0109. The number of amides is 2. The van der Waals surface area contributed by atoms with Gasteiger partial charge in [0.15, 0.2) is 0 Å². The number of methoxy groups -OCH3 is 2. The fraction of sp³-hybridized carbons (Fsp3) is 0.244. The largest absolute Gasteiger partial charge is 0.477 e. The second-order valence-corrected chi connectivity index (χ2v) is 42.0. The van der Waals surface area contributed by atoms with Gasteiger partial charge in [-0.2, -0.15) is 61.1 Å². The third-order valence-corrected chi connectivity index (χ3v) is 26.8. The summed E-state index contributed by atoms with van der Waals surface area (Å²) in [5, 5.41) is 31.6. The molecule has 5 atom stereocenters. The van der Waals surface area contributed by atoms with Crippen molar-refractivity contribution in [3.05, 3.63) is 311 Å². The number of Topliss-reactive ketones (excluding diaryl/α,β-unsaturated/α-hetero) is 3. The molecule has 5 N–H and O–H groups in total. The van der Waals surface area contributed by atoms with Crippen LogP contribution in [0.3, 0.4) is 0 Å². The Hall–Kier alpha value is -8.21. The van der Waals surface area contributed by atoms with Crippen molar-refractivity contribution in [3.63, 3.8) is 0 Å². The zero-order valence-corrected chi connectivity index (χ0v) is 86.1. The van der Waals surface area contributed by atoms with Crippen LogP contribution in [-0.4, -0.2) is 150 Å². The lowest BCUT2D eigenvalue weighted by Gasteiger charge is -2.36. The molecule has 1 aliphatic heterocycles. The van der Waals surface area contributed by atoms with Gasteiger partial charge in [0.05, 0.1) is 76.5 Å². The van der Waals surface area contributed by atoms with Crippen LogP contribution >= 0.6 is 168 Å². The molecule has 1 saturated heterocycles. The van der Waals surface area contributed by atoms with Crippen molar-refractivity contribution in [2.24, 2.45) is 10.1 Å². The van der Waals surface area contributed by atoms with E-state index in [-0.39, 0.29) is 79.2 Å². The molecule has 0 bridgehead atoms. The third kappa shape index (κ3) is 32.7. The minimum atomic E-state index is -1.50. The number of nitrogens with two attached hydrogens (primary N) is 1. The van der Waals surface area contributed by atoms with E-state index in [0.717, 1.165) is 37.6 Å². The molecule has 0 aliphatic carbocycles. The van der Waals surface area contributed by atoms with Crippen molar-refractivity contribution in [1.82, 2.24) is 50.0 Å². The molecule has 41 heteroatoms. The van der Waals surface area contributed by atoms with E-state index in [2.05, 4.69) is 170 Å². The SMILES string of the molecule is CC(C)(C)S(=O)N=C(c1ccsc1)c1cccc(Br)n1.COC(=O)CC(=O)CC(N)(c1ccsc1)c1cccc(Br)n1.COC(=O)CC(=O)CC(NS(=O)C(C)(C)C)(c1ccsc1)c1cccc(Br)n1.CON(C)C(=O)c1cccc(Br)n1.O=C(O)c1cccc(Br)n1.O=C(c1ccsc1)c1cccc(Br)n1.O=C1CC(=O)NC(c2ccsc2)(c2cccc(Br)n2)C1. The first-order chi connectivity index (χ1) is 60.1. The highest BCUT2D eigenvalue weighted by molar-refractivity contribution is 9.11. The maximum absolute atomic E-state index is 13.1. The monoisotopic (exact) mass is 2300 g/mol. The number of nitrogens with one attached hydrogen (secondary N) is 2. The molecular formula is C86H83Br7N12O15S7. The number of aromatic nitrogens is 7. The Bertz CT molecular complexity index is 5800. The molecule has 127 heavy (non-hydrogen) atoms. The average molecular weight is 2310 g/mol. The Morgan fingerprint density at radius 3 is 1.41 bits per heavy atom. The number of halogens is 7. The molecule has 1 fully saturated rings. The zero-order valence-electron chi connectivity index (χ0n) is 69.3. The normalized spacial score (nSPS) is 14.3. The molecule has 0 spiro atoms. The van der Waals surface area contributed by atoms with Crippen LogP contribution in [0.15, 0.2) is 248 Å². The fourth-order valence-corrected chi connectivity index (χ4v) is 18.4. The number of hydroxylamine groups is 2. The van der Waals surface area contributed by atoms with Gasteiger partial charge in [-0.25, -0.2) is 57.9 Å². The second kappa shape index (κ2) is 50.8. The molecular weight excluding hydrogens is 2220 g/mol. The van der Waals surface area contributed by atoms with E-state index < -0.39 is 66.0 Å². The van der Waals surface area contributed by atoms with Crippen molar-refractivity contribution < 1.29 is 71.0 Å². The van der Waals surface area contributed by atoms with E-state index in [1.807, 2.05) is 162 Å². The number of carboxylic acids is 1. The summed E-state index contributed by atoms with van der Waals surface area (Å²) in [6.07, 6.45) is -0.598. The van der Waals surface area contributed by atoms with Gasteiger partial charge >= 0.3 is 17.9 Å². The second-order valence-electron chi connectivity index (χ2n) is 28.5. The highest BCUT2D eigenvalue weighted by Crippen LogP contribution is 2.39. The summed E-state index contributed by atoms with van der Waals surface area (Å²) in [5.74, 6) is -3.45. The van der Waals surface area contributed by atoms with Crippen LogP contribution in [0.1, 0.15) is 162 Å². The van der Waals surface area contributed by atoms with Crippen LogP contribution in [0.2, 0.25) is 0 Å². The van der Waals surface area contributed by atoms with Gasteiger partial charge in [-0.3, -0.25) is 43.2 Å². The number of ketones is 4. The van der Waals surface area contributed by atoms with Crippen LogP contribution in [0, 0.1) is 0 Å². The number of carbonyl (C=O) groups is 9. The Kier molecular flexibility index (Phi) is 42.4. The molecule has 27 nitrogen and oxygen atoms in total. The summed E-state index contributed by atoms with van der Waals surface area (Å²) < 4.78 is 45.6. The van der Waals surface area contributed by atoms with E-state index in [4.69, 9.17) is 15.7 Å². The van der Waals surface area contributed by atoms with E-state index >= 15 is 0 Å². The number of carboxylic acid groups (broad SMARTS) is 1. The molecule has 13 rings (SSSR count). The lowest BCUT2D eigenvalue weighted by atomic mass is 9.80. The molecule has 1 aliphatic rings. The molecule has 2 amide bonds. The lowest BCUT2D eigenvalue weighted by Crippen LogP contribution is -2.53. The number of hydrogen-bond donors (Lipinski definition) is 4. The Morgan fingerprint density at radius 2 is 0.953 bits per heavy atom. The molecule has 12 aromatic rings. The summed E-state index contributed by atoms with van der Waals surface area (Å²) in [4.78, 5) is 139. The maximum atomic E-state index is 13.1. The van der Waals surface area contributed by atoms with Crippen LogP contribution in [0.5, 0.6) is 0 Å². The lowest BCUT2D eigenvalue weighted by molar-refractivity contribution is -0.145. The van der Waals surface area contributed by atoms with Crippen LogP contribution in [0.25, 0.3) is 0 Å². The predicted molar refractivity (Wildman–Crippen MR) is 521 cm³/mol. The first kappa shape index (κ1) is 106. The number of pyridine rings is 7. The van der Waals surface area contributed by atoms with Crippen molar-refractivity contribution in [2.45, 2.75) is 106 Å². The molecule has 0 saturated carbocycles. The summed E-state index contributed by atoms with van der Waals surface area (Å²) in [5.41, 5.74) is 11.6. The van der Waals surface area contributed by atoms with Crippen molar-refractivity contribution in [1.29, 1.82) is 0 Å². The number of thiophene rings is 5. The van der Waals surface area contributed by atoms with Gasteiger partial charge in [-0.1, -0.05) is 42.5 Å². The molecule has 13 heterocycles. The first-order valence-corrected chi connectivity index (χ1v) is 49.8. The number of aromatic carboxylic acids is 1. The van der Waals surface area contributed by atoms with Crippen molar-refractivity contribution in [2.75, 3.05) is 28.4 Å². The van der Waals surface area contributed by atoms with Crippen molar-refractivity contribution in [3.8, 4) is 0 Å². The van der Waals surface area contributed by atoms with E-state index in [9.17, 15) is 51.6 Å². The van der Waals surface area contributed by atoms with Gasteiger partial charge in [-0.15, -0.1) is 0 Å². The van der Waals surface area contributed by atoms with E-state index in [0.29, 0.717) is 67.4 Å². The zero-order chi connectivity index (χ0) is 93.4. The number of rotatable bonds is 24. The topological polar surface area (TPSA) is 392 Å². The Labute approximate surface area is 817 Å². The maximum Gasteiger partial charge on any atom is 0.354 e. The van der Waals surface area contributed by atoms with Gasteiger partial charge in [0.2, 0.25) is 11.7 Å². The minimum absolute atomic E-state index is 0.0255. The number of piperidine rings is 1. The molecule has 5 unspecified atom stereocenters. The van der Waals surface area contributed by atoms with Gasteiger partial charge in [0.25, 0.3) is 5.91 Å². The molecule has 12 aromatic heterocycles. The average Bonchev–Trinajstić information content (AvgIpc) is 1.76. The standard InChI is InChI=1S/C19H23BrN2O4S2.C15H15BrN2O3S.C14H11BrN2O2S.C14H15BrN2OS2.C10H6BrNOS.C8H9BrN2O2.C6H4BrNO2/c1-18(2,3)28(25)22-19(13-8-9-27-12-13,11-14(23)10-17(24)26-4)15-6-5-7-16(20)21-15;1-21-14(20)7-11(19)8-15(17,10-5-6-22-9-10)12-3-2-4-13(16)18-12;15-12-3-1-2-11(16-12)14(9-4-5-20-8-9)7-10(18)6-13(19)17-14;1-14(2,3)20(18)17-13(10-7-8-19-9-10)11-5-4-6-12(15)16-11;11-9-3-1-2-8(12-9)10(13)7-4-5-14-6-7;1-11(13-2)8(12)6-4-3-5-7(9)10-6;7-5-3-1-2-4(8-5)6(9)10/h5-9,12,22H,10-11H2,1-4H3;2-6,9H,7-8,17H2,1H3;1-5,8H,6-7H2,(H,17,19);4-9H,1-3H3;1-6H;3-5H,1-2H3;1-3H,(H,9,10). The number of carbonyl (C=O) groups excluding carboxylic acids is 8. The highest BCUT2D eigenvalue weighted by atomic mass is 79.9. The number of hydrogen-bond acceptors (Lipinski definition) is 27. The molecule has 0 aromatic carbocycles. The van der Waals surface area contributed by atoms with Crippen LogP contribution in [-0.2, 0) is 81.7 Å². The van der Waals surface area contributed by atoms with Gasteiger partial charge in [-0.05, 0) is 328 Å². The number of ether oxygens (including phenoxy) is 2. The minimum Gasteiger partial charge on any atom is -0.477 e. The van der Waals surface area contributed by atoms with E-state index in [1.165, 1.54) is 79.8 Å². The van der Waals surface area contributed by atoms with E-state index in [1.54, 1.807) is 96.3 Å². The summed E-state index contributed by atoms with van der Waals surface area (Å²) in [6, 6.07) is 46.4. The molecule has 668 valence electrons. The Balaban J connectivity index is 0.000000207. The van der Waals surface area contributed by atoms with Crippen molar-refractivity contribution >= 4 is 249 Å². The van der Waals surface area contributed by atoms with Gasteiger partial charge < -0.3 is 25.6 Å². The first-order valence-electron chi connectivity index (χ1n) is 37.3. The van der Waals surface area contributed by atoms with Crippen LogP contribution < -0.4 is 15.8 Å². The van der Waals surface area contributed by atoms with Crippen LogP contribution in [0.4, 0.5) is 0 Å². The smallest absolute Gasteiger partial charge is 0.354 e. The summed E-state index contributed by atoms with van der Waals surface area (Å²) in [6.45, 7) is 11.3. The predicted octanol–water partition coefficient (Wildman–Crippen LogP) is 19.3. The summed E-state index contributed by atoms with van der Waals surface area (Å²) in [7, 11) is 2.63. The fourth-order valence-electron chi connectivity index (χ4n) is 10.9. The summed E-state index contributed by atoms with van der Waals surface area (Å²) >= 11 is 30.4. The number of nitrogens with zero attached hydrogens (tertiary/aromatic N) is 9.